The molecule has 0 aliphatic rings. The molecule has 2 aromatic heterocycles. The molecule has 0 fully saturated rings. The summed E-state index contributed by atoms with van der Waals surface area (Å²) in [6.45, 7) is 1.80. The Hall–Kier alpha value is -3.34. The van der Waals surface area contributed by atoms with E-state index < -0.39 is 0 Å². The molecule has 0 saturated heterocycles. The van der Waals surface area contributed by atoms with Crippen molar-refractivity contribution < 1.29 is 5.11 Å². The van der Waals surface area contributed by atoms with Crippen molar-refractivity contribution in [3.63, 3.8) is 0 Å². The van der Waals surface area contributed by atoms with Gasteiger partial charge in [-0.05, 0) is 24.6 Å². The van der Waals surface area contributed by atoms with Crippen LogP contribution in [-0.2, 0) is 0 Å². The smallest absolute Gasteiger partial charge is 0.272 e. The highest BCUT2D eigenvalue weighted by Gasteiger charge is 2.18. The minimum atomic E-state index is -0.166. The van der Waals surface area contributed by atoms with Gasteiger partial charge in [0.2, 0.25) is 0 Å². The van der Waals surface area contributed by atoms with E-state index >= 15 is 0 Å². The van der Waals surface area contributed by atoms with Crippen LogP contribution in [0.15, 0.2) is 65.5 Å². The molecule has 0 aliphatic heterocycles. The fourth-order valence-corrected chi connectivity index (χ4v) is 2.90. The average molecular weight is 317 g/mol. The molecule has 0 aliphatic carbocycles. The molecular weight excluding hydrogens is 302 g/mol. The lowest BCUT2D eigenvalue weighted by atomic mass is 10.0. The lowest BCUT2D eigenvalue weighted by Gasteiger charge is -2.04. The number of H-pyrrole nitrogens is 1. The number of phenols is 1. The van der Waals surface area contributed by atoms with Gasteiger partial charge in [0.05, 0.1) is 11.3 Å². The number of hydrogen-bond acceptors (Lipinski definition) is 3. The lowest BCUT2D eigenvalue weighted by Crippen LogP contribution is -2.14. The fourth-order valence-electron chi connectivity index (χ4n) is 2.90. The maximum atomic E-state index is 12.3. The topological polar surface area (TPSA) is 70.4 Å². The van der Waals surface area contributed by atoms with Crippen molar-refractivity contribution in [3.05, 3.63) is 76.7 Å². The summed E-state index contributed by atoms with van der Waals surface area (Å²) in [6.07, 6.45) is 0. The Morgan fingerprint density at radius 3 is 2.50 bits per heavy atom. The Kier molecular flexibility index (Phi) is 3.20. The van der Waals surface area contributed by atoms with Gasteiger partial charge < -0.3 is 5.11 Å². The number of aromatic nitrogens is 3. The van der Waals surface area contributed by atoms with Crippen LogP contribution in [0, 0.1) is 6.92 Å². The Balaban J connectivity index is 2.13. The highest BCUT2D eigenvalue weighted by atomic mass is 16.3. The second kappa shape index (κ2) is 5.38. The molecular formula is C19H15N3O2. The van der Waals surface area contributed by atoms with Crippen molar-refractivity contribution in [2.24, 2.45) is 0 Å². The maximum Gasteiger partial charge on any atom is 0.272 e. The summed E-state index contributed by atoms with van der Waals surface area (Å²) in [5.74, 6) is 0.168. The van der Waals surface area contributed by atoms with Crippen molar-refractivity contribution in [2.45, 2.75) is 6.92 Å². The van der Waals surface area contributed by atoms with Gasteiger partial charge in [0.25, 0.3) is 5.56 Å². The van der Waals surface area contributed by atoms with Crippen LogP contribution in [0.1, 0.15) is 5.69 Å². The number of nitrogens with one attached hydrogen (secondary N) is 1. The molecule has 0 saturated carbocycles. The van der Waals surface area contributed by atoms with Gasteiger partial charge in [-0.15, -0.1) is 0 Å². The van der Waals surface area contributed by atoms with Crippen molar-refractivity contribution in [3.8, 4) is 28.1 Å². The van der Waals surface area contributed by atoms with Crippen molar-refractivity contribution in [1.82, 2.24) is 14.6 Å². The number of aromatic hydroxyl groups is 1. The largest absolute Gasteiger partial charge is 0.508 e. The first-order valence-corrected chi connectivity index (χ1v) is 7.61. The van der Waals surface area contributed by atoms with E-state index in [2.05, 4.69) is 10.1 Å². The number of benzene rings is 2. The molecule has 4 aromatic rings. The average Bonchev–Trinajstić information content (AvgIpc) is 2.95. The highest BCUT2D eigenvalue weighted by Crippen LogP contribution is 2.34. The third kappa shape index (κ3) is 2.27. The molecule has 24 heavy (non-hydrogen) atoms. The van der Waals surface area contributed by atoms with Crippen LogP contribution in [0.25, 0.3) is 28.0 Å². The van der Waals surface area contributed by atoms with E-state index in [1.165, 1.54) is 10.6 Å². The SMILES string of the molecule is Cc1cc(=O)n2[nH]c(-c3cccc(O)c3)c(-c3ccccc3)c2n1. The predicted octanol–water partition coefficient (Wildman–Crippen LogP) is 3.37. The molecule has 4 rings (SSSR count). The zero-order valence-electron chi connectivity index (χ0n) is 13.0. The zero-order valence-corrected chi connectivity index (χ0v) is 13.0. The Bertz CT molecular complexity index is 1090. The van der Waals surface area contributed by atoms with E-state index in [-0.39, 0.29) is 11.3 Å². The lowest BCUT2D eigenvalue weighted by molar-refractivity contribution is 0.475. The quantitative estimate of drug-likeness (QED) is 0.595. The first kappa shape index (κ1) is 14.3. The molecule has 0 amide bonds. The first-order chi connectivity index (χ1) is 11.6. The van der Waals surface area contributed by atoms with Gasteiger partial charge in [0.15, 0.2) is 5.65 Å². The van der Waals surface area contributed by atoms with E-state index in [1.54, 1.807) is 25.1 Å². The summed E-state index contributed by atoms with van der Waals surface area (Å²) in [7, 11) is 0. The number of nitrogens with zero attached hydrogens (tertiary/aromatic N) is 2. The van der Waals surface area contributed by atoms with Crippen LogP contribution in [0.3, 0.4) is 0 Å². The minimum absolute atomic E-state index is 0.166. The van der Waals surface area contributed by atoms with Crippen LogP contribution in [-0.4, -0.2) is 19.7 Å². The van der Waals surface area contributed by atoms with Crippen molar-refractivity contribution >= 4 is 5.65 Å². The number of phenolic OH excluding ortho intramolecular Hbond substituents is 1. The monoisotopic (exact) mass is 317 g/mol. The first-order valence-electron chi connectivity index (χ1n) is 7.61. The summed E-state index contributed by atoms with van der Waals surface area (Å²) in [4.78, 5) is 16.9. The van der Waals surface area contributed by atoms with E-state index in [1.807, 2.05) is 36.4 Å². The second-order valence-electron chi connectivity index (χ2n) is 5.67. The molecule has 2 aromatic carbocycles. The van der Waals surface area contributed by atoms with Gasteiger partial charge in [0, 0.05) is 17.3 Å². The van der Waals surface area contributed by atoms with E-state index in [0.717, 1.165) is 22.4 Å². The van der Waals surface area contributed by atoms with E-state index in [9.17, 15) is 9.90 Å². The number of aryl methyl sites for hydroxylation is 1. The Morgan fingerprint density at radius 1 is 1.00 bits per heavy atom. The summed E-state index contributed by atoms with van der Waals surface area (Å²) in [6, 6.07) is 18.2. The van der Waals surface area contributed by atoms with Gasteiger partial charge >= 0.3 is 0 Å². The second-order valence-corrected chi connectivity index (χ2v) is 5.67. The molecule has 0 unspecified atom stereocenters. The van der Waals surface area contributed by atoms with E-state index in [0.29, 0.717) is 11.3 Å². The Labute approximate surface area is 137 Å². The number of hydrogen-bond donors (Lipinski definition) is 2. The minimum Gasteiger partial charge on any atom is -0.508 e. The van der Waals surface area contributed by atoms with E-state index in [4.69, 9.17) is 0 Å². The van der Waals surface area contributed by atoms with Gasteiger partial charge in [-0.1, -0.05) is 42.5 Å². The standard InChI is InChI=1S/C19H15N3O2/c1-12-10-16(24)22-19(20-12)17(13-6-3-2-4-7-13)18(21-22)14-8-5-9-15(23)11-14/h2-11,21,23H,1H3. The molecule has 0 radical (unpaired) electrons. The zero-order chi connectivity index (χ0) is 16.7. The molecule has 0 atom stereocenters. The predicted molar refractivity (Wildman–Crippen MR) is 93.1 cm³/mol. The summed E-state index contributed by atoms with van der Waals surface area (Å²) < 4.78 is 1.44. The third-order valence-electron chi connectivity index (χ3n) is 3.94. The Morgan fingerprint density at radius 2 is 1.75 bits per heavy atom. The van der Waals surface area contributed by atoms with Crippen molar-refractivity contribution in [2.75, 3.05) is 0 Å². The third-order valence-corrected chi connectivity index (χ3v) is 3.94. The van der Waals surface area contributed by atoms with Crippen LogP contribution >= 0.6 is 0 Å². The molecule has 2 N–H and O–H groups in total. The van der Waals surface area contributed by atoms with Crippen molar-refractivity contribution in [1.29, 1.82) is 0 Å². The molecule has 2 heterocycles. The van der Waals surface area contributed by atoms with Crippen LogP contribution in [0.4, 0.5) is 0 Å². The van der Waals surface area contributed by atoms with Gasteiger partial charge in [-0.2, -0.15) is 0 Å². The van der Waals surface area contributed by atoms with Crippen LogP contribution < -0.4 is 5.56 Å². The number of aromatic amines is 1. The highest BCUT2D eigenvalue weighted by molar-refractivity contribution is 5.90. The summed E-state index contributed by atoms with van der Waals surface area (Å²) in [5.41, 5.74) is 4.39. The van der Waals surface area contributed by atoms with Crippen LogP contribution in [0.5, 0.6) is 5.75 Å². The molecule has 5 nitrogen and oxygen atoms in total. The normalized spacial score (nSPS) is 11.0. The molecule has 0 spiro atoms. The van der Waals surface area contributed by atoms with Gasteiger partial charge in [-0.3, -0.25) is 9.89 Å². The number of rotatable bonds is 2. The molecule has 5 heteroatoms. The summed E-state index contributed by atoms with van der Waals surface area (Å²) >= 11 is 0. The maximum absolute atomic E-state index is 12.3. The van der Waals surface area contributed by atoms with Gasteiger partial charge in [-0.25, -0.2) is 9.50 Å². The number of fused-ring (bicyclic) bond motifs is 1. The molecule has 118 valence electrons. The van der Waals surface area contributed by atoms with Gasteiger partial charge in [0.1, 0.15) is 5.75 Å². The molecule has 0 bridgehead atoms. The fraction of sp³-hybridized carbons (Fsp3) is 0.0526. The summed E-state index contributed by atoms with van der Waals surface area (Å²) in [5, 5.41) is 12.9. The van der Waals surface area contributed by atoms with Crippen LogP contribution in [0.2, 0.25) is 0 Å².